The van der Waals surface area contributed by atoms with Crippen LogP contribution in [-0.2, 0) is 26.2 Å². The number of methoxy groups -OCH3 is 1. The van der Waals surface area contributed by atoms with E-state index in [1.54, 1.807) is 26.0 Å². The summed E-state index contributed by atoms with van der Waals surface area (Å²) in [4.78, 5) is 27.9. The Kier molecular flexibility index (Phi) is 10.2. The van der Waals surface area contributed by atoms with Crippen molar-refractivity contribution in [3.05, 3.63) is 87.9 Å². The maximum Gasteiger partial charge on any atom is 0.264 e. The third kappa shape index (κ3) is 7.27. The molecular formula is C27H29BrClN3O5S. The molecule has 0 aliphatic heterocycles. The maximum atomic E-state index is 13.8. The molecule has 0 fully saturated rings. The molecule has 0 spiro atoms. The zero-order valence-electron chi connectivity index (χ0n) is 21.2. The lowest BCUT2D eigenvalue weighted by Crippen LogP contribution is -2.51. The smallest absolute Gasteiger partial charge is 0.264 e. The fourth-order valence-corrected chi connectivity index (χ4v) is 5.51. The average molecular weight is 623 g/mol. The van der Waals surface area contributed by atoms with Crippen molar-refractivity contribution in [2.24, 2.45) is 0 Å². The lowest BCUT2D eigenvalue weighted by atomic mass is 10.1. The monoisotopic (exact) mass is 621 g/mol. The minimum atomic E-state index is -4.17. The largest absolute Gasteiger partial charge is 0.497 e. The van der Waals surface area contributed by atoms with Crippen LogP contribution in [0.1, 0.15) is 19.4 Å². The first-order valence-corrected chi connectivity index (χ1v) is 14.4. The van der Waals surface area contributed by atoms with E-state index < -0.39 is 28.5 Å². The molecule has 2 amide bonds. The first-order chi connectivity index (χ1) is 18.1. The Morgan fingerprint density at radius 2 is 1.61 bits per heavy atom. The Labute approximate surface area is 236 Å². The topological polar surface area (TPSA) is 96.0 Å². The number of carbonyl (C=O) groups is 2. The summed E-state index contributed by atoms with van der Waals surface area (Å²) in [5, 5.41) is 3.15. The van der Waals surface area contributed by atoms with Gasteiger partial charge in [-0.3, -0.25) is 13.9 Å². The molecule has 0 heterocycles. The zero-order chi connectivity index (χ0) is 27.9. The zero-order valence-corrected chi connectivity index (χ0v) is 24.4. The lowest BCUT2D eigenvalue weighted by Gasteiger charge is -2.32. The average Bonchev–Trinajstić information content (AvgIpc) is 2.91. The van der Waals surface area contributed by atoms with E-state index in [0.717, 1.165) is 14.3 Å². The quantitative estimate of drug-likeness (QED) is 0.330. The molecule has 0 saturated carbocycles. The van der Waals surface area contributed by atoms with E-state index in [-0.39, 0.29) is 23.0 Å². The van der Waals surface area contributed by atoms with Crippen molar-refractivity contribution in [3.63, 3.8) is 0 Å². The number of amides is 2. The van der Waals surface area contributed by atoms with Crippen LogP contribution in [0.25, 0.3) is 0 Å². The van der Waals surface area contributed by atoms with Crippen molar-refractivity contribution >= 4 is 55.1 Å². The van der Waals surface area contributed by atoms with Gasteiger partial charge in [-0.05, 0) is 80.1 Å². The first kappa shape index (κ1) is 29.5. The Morgan fingerprint density at radius 3 is 2.16 bits per heavy atom. The molecule has 3 rings (SSSR count). The summed E-state index contributed by atoms with van der Waals surface area (Å²) < 4.78 is 34.6. The van der Waals surface area contributed by atoms with E-state index >= 15 is 0 Å². The number of ether oxygens (including phenoxy) is 1. The molecule has 0 aliphatic carbocycles. The highest BCUT2D eigenvalue weighted by atomic mass is 79.9. The summed E-state index contributed by atoms with van der Waals surface area (Å²) in [5.74, 6) is -0.387. The summed E-state index contributed by atoms with van der Waals surface area (Å²) in [7, 11) is -2.69. The van der Waals surface area contributed by atoms with Gasteiger partial charge in [-0.15, -0.1) is 0 Å². The maximum absolute atomic E-state index is 13.8. The normalized spacial score (nSPS) is 11.9. The number of hydrogen-bond acceptors (Lipinski definition) is 5. The van der Waals surface area contributed by atoms with E-state index in [1.165, 1.54) is 48.4 Å². The molecule has 38 heavy (non-hydrogen) atoms. The van der Waals surface area contributed by atoms with Crippen molar-refractivity contribution in [1.29, 1.82) is 0 Å². The highest BCUT2D eigenvalue weighted by Crippen LogP contribution is 2.27. The molecule has 3 aromatic rings. The molecule has 0 bridgehead atoms. The minimum Gasteiger partial charge on any atom is -0.497 e. The van der Waals surface area contributed by atoms with Gasteiger partial charge < -0.3 is 15.0 Å². The van der Waals surface area contributed by atoms with Gasteiger partial charge in [0.2, 0.25) is 11.8 Å². The first-order valence-electron chi connectivity index (χ1n) is 11.8. The molecule has 1 unspecified atom stereocenters. The van der Waals surface area contributed by atoms with Crippen LogP contribution < -0.4 is 14.4 Å². The number of sulfonamides is 1. The van der Waals surface area contributed by atoms with E-state index in [1.807, 2.05) is 24.3 Å². The molecule has 1 atom stereocenters. The molecule has 11 heteroatoms. The summed E-state index contributed by atoms with van der Waals surface area (Å²) in [5.41, 5.74) is 1.04. The Morgan fingerprint density at radius 1 is 1.00 bits per heavy atom. The summed E-state index contributed by atoms with van der Waals surface area (Å²) in [6, 6.07) is 18.6. The van der Waals surface area contributed by atoms with Gasteiger partial charge in [0.15, 0.2) is 0 Å². The van der Waals surface area contributed by atoms with Crippen LogP contribution in [0.2, 0.25) is 5.02 Å². The molecule has 3 aromatic carbocycles. The van der Waals surface area contributed by atoms with E-state index in [0.29, 0.717) is 17.3 Å². The number of nitrogens with one attached hydrogen (secondary N) is 1. The van der Waals surface area contributed by atoms with Gasteiger partial charge in [0, 0.05) is 22.6 Å². The molecule has 8 nitrogen and oxygen atoms in total. The molecule has 0 aromatic heterocycles. The Hall–Kier alpha value is -3.08. The van der Waals surface area contributed by atoms with Crippen LogP contribution >= 0.6 is 27.5 Å². The second-order valence-corrected chi connectivity index (χ2v) is 11.6. The highest BCUT2D eigenvalue weighted by Gasteiger charge is 2.32. The minimum absolute atomic E-state index is 0.0164. The van der Waals surface area contributed by atoms with Crippen molar-refractivity contribution in [2.45, 2.75) is 31.3 Å². The molecule has 202 valence electrons. The lowest BCUT2D eigenvalue weighted by molar-refractivity contribution is -0.139. The molecular weight excluding hydrogens is 594 g/mol. The van der Waals surface area contributed by atoms with Crippen molar-refractivity contribution < 1.29 is 22.7 Å². The predicted molar refractivity (Wildman–Crippen MR) is 152 cm³/mol. The summed E-state index contributed by atoms with van der Waals surface area (Å²) >= 11 is 9.43. The van der Waals surface area contributed by atoms with E-state index in [4.69, 9.17) is 16.3 Å². The van der Waals surface area contributed by atoms with Gasteiger partial charge >= 0.3 is 0 Å². The number of halogens is 2. The Bertz CT molecular complexity index is 1350. The number of rotatable bonds is 11. The van der Waals surface area contributed by atoms with Crippen LogP contribution in [-0.4, -0.2) is 51.4 Å². The number of carbonyl (C=O) groups excluding carboxylic acids is 2. The second kappa shape index (κ2) is 13.1. The van der Waals surface area contributed by atoms with Gasteiger partial charge in [-0.25, -0.2) is 8.42 Å². The number of anilines is 1. The van der Waals surface area contributed by atoms with Crippen molar-refractivity contribution in [3.8, 4) is 5.75 Å². The molecule has 1 N–H and O–H groups in total. The number of likely N-dealkylation sites (N-methyl/N-ethyl adjacent to an activating group) is 1. The number of nitrogens with zero attached hydrogens (tertiary/aromatic N) is 2. The van der Waals surface area contributed by atoms with E-state index in [9.17, 15) is 18.0 Å². The van der Waals surface area contributed by atoms with Crippen LogP contribution in [0.15, 0.2) is 82.2 Å². The van der Waals surface area contributed by atoms with E-state index in [2.05, 4.69) is 21.2 Å². The van der Waals surface area contributed by atoms with Crippen LogP contribution in [0.4, 0.5) is 5.69 Å². The van der Waals surface area contributed by atoms with Crippen molar-refractivity contribution in [1.82, 2.24) is 10.2 Å². The molecule has 0 radical (unpaired) electrons. The SMILES string of the molecule is CCNC(=O)C(C)N(Cc1ccc(Br)cc1)C(=O)CN(c1ccc(Cl)cc1)S(=O)(=O)c1ccc(OC)cc1. The summed E-state index contributed by atoms with van der Waals surface area (Å²) in [6.07, 6.45) is 0. The van der Waals surface area contributed by atoms with Crippen LogP contribution in [0, 0.1) is 0 Å². The fraction of sp³-hybridized carbons (Fsp3) is 0.259. The number of benzene rings is 3. The van der Waals surface area contributed by atoms with Gasteiger partial charge in [0.25, 0.3) is 10.0 Å². The molecule has 0 aliphatic rings. The summed E-state index contributed by atoms with van der Waals surface area (Å²) in [6.45, 7) is 3.38. The van der Waals surface area contributed by atoms with Gasteiger partial charge in [-0.2, -0.15) is 0 Å². The molecule has 0 saturated heterocycles. The number of hydrogen-bond donors (Lipinski definition) is 1. The van der Waals surface area contributed by atoms with Crippen LogP contribution in [0.5, 0.6) is 5.75 Å². The van der Waals surface area contributed by atoms with Gasteiger partial charge in [0.05, 0.1) is 17.7 Å². The Balaban J connectivity index is 2.01. The highest BCUT2D eigenvalue weighted by molar-refractivity contribution is 9.10. The third-order valence-corrected chi connectivity index (χ3v) is 8.39. The predicted octanol–water partition coefficient (Wildman–Crippen LogP) is 4.86. The third-order valence-electron chi connectivity index (χ3n) is 5.83. The van der Waals surface area contributed by atoms with Gasteiger partial charge in [-0.1, -0.05) is 39.7 Å². The van der Waals surface area contributed by atoms with Gasteiger partial charge in [0.1, 0.15) is 18.3 Å². The standard InChI is InChI=1S/C27H29BrClN3O5S/c1-4-30-27(34)19(2)31(17-20-5-7-21(28)8-6-20)26(33)18-32(23-11-9-22(29)10-12-23)38(35,36)25-15-13-24(37-3)14-16-25/h5-16,19H,4,17-18H2,1-3H3,(H,30,34). The van der Waals surface area contributed by atoms with Crippen molar-refractivity contribution in [2.75, 3.05) is 24.5 Å². The van der Waals surface area contributed by atoms with Crippen LogP contribution in [0.3, 0.4) is 0 Å². The second-order valence-electron chi connectivity index (χ2n) is 8.38. The fourth-order valence-electron chi connectivity index (χ4n) is 3.70.